The summed E-state index contributed by atoms with van der Waals surface area (Å²) < 4.78 is 0. The van der Waals surface area contributed by atoms with E-state index in [2.05, 4.69) is 76.3 Å². The van der Waals surface area contributed by atoms with E-state index in [0.717, 1.165) is 12.8 Å². The second-order valence-corrected chi connectivity index (χ2v) is 6.75. The molecule has 1 N–H and O–H groups in total. The molecule has 0 saturated carbocycles. The molecule has 2 rings (SSSR count). The van der Waals surface area contributed by atoms with E-state index < -0.39 is 0 Å². The number of carbonyl (C=O) groups excluding carboxylic acids is 1. The third-order valence-corrected chi connectivity index (χ3v) is 4.80. The van der Waals surface area contributed by atoms with Crippen LogP contribution in [0.3, 0.4) is 0 Å². The summed E-state index contributed by atoms with van der Waals surface area (Å²) in [7, 11) is 0. The summed E-state index contributed by atoms with van der Waals surface area (Å²) in [6.45, 7) is 10.6. The minimum atomic E-state index is 0.0410. The van der Waals surface area contributed by atoms with E-state index in [1.165, 1.54) is 33.4 Å². The van der Waals surface area contributed by atoms with Crippen LogP contribution in [-0.2, 0) is 17.6 Å². The van der Waals surface area contributed by atoms with Crippen molar-refractivity contribution in [1.29, 1.82) is 0 Å². The van der Waals surface area contributed by atoms with E-state index in [0.29, 0.717) is 6.42 Å². The summed E-state index contributed by atoms with van der Waals surface area (Å²) >= 11 is 0. The summed E-state index contributed by atoms with van der Waals surface area (Å²) in [6, 6.07) is 13.0. The van der Waals surface area contributed by atoms with Crippen LogP contribution in [0, 0.1) is 20.8 Å². The van der Waals surface area contributed by atoms with Crippen molar-refractivity contribution in [3.05, 3.63) is 69.8 Å². The van der Waals surface area contributed by atoms with Crippen molar-refractivity contribution in [3.63, 3.8) is 0 Å². The summed E-state index contributed by atoms with van der Waals surface area (Å²) in [5.41, 5.74) is 7.57. The number of aryl methyl sites for hydroxylation is 5. The number of amides is 1. The Hall–Kier alpha value is -2.09. The van der Waals surface area contributed by atoms with Crippen LogP contribution >= 0.6 is 0 Å². The van der Waals surface area contributed by atoms with E-state index in [1.807, 2.05) is 0 Å². The number of hydrogen-bond acceptors (Lipinski definition) is 1. The molecule has 0 heterocycles. The van der Waals surface area contributed by atoms with Crippen LogP contribution in [0.2, 0.25) is 0 Å². The van der Waals surface area contributed by atoms with Crippen molar-refractivity contribution in [2.45, 2.75) is 59.9 Å². The Balaban J connectivity index is 1.92. The van der Waals surface area contributed by atoms with Crippen molar-refractivity contribution in [1.82, 2.24) is 5.32 Å². The van der Waals surface area contributed by atoms with Gasteiger partial charge in [0.15, 0.2) is 0 Å². The topological polar surface area (TPSA) is 29.1 Å². The van der Waals surface area contributed by atoms with Gasteiger partial charge < -0.3 is 5.32 Å². The lowest BCUT2D eigenvalue weighted by molar-refractivity contribution is -0.121. The Morgan fingerprint density at radius 3 is 2.17 bits per heavy atom. The maximum atomic E-state index is 12.3. The normalized spacial score (nSPS) is 12.0. The van der Waals surface area contributed by atoms with Crippen LogP contribution < -0.4 is 5.32 Å². The Labute approximate surface area is 146 Å². The number of rotatable bonds is 6. The first-order valence-corrected chi connectivity index (χ1v) is 8.85. The van der Waals surface area contributed by atoms with Crippen LogP contribution in [0.4, 0.5) is 0 Å². The highest BCUT2D eigenvalue weighted by Crippen LogP contribution is 2.21. The van der Waals surface area contributed by atoms with Crippen molar-refractivity contribution in [2.24, 2.45) is 0 Å². The Morgan fingerprint density at radius 1 is 0.958 bits per heavy atom. The molecule has 0 aliphatic rings. The van der Waals surface area contributed by atoms with E-state index in [9.17, 15) is 4.79 Å². The second-order valence-electron chi connectivity index (χ2n) is 6.75. The smallest absolute Gasteiger partial charge is 0.220 e. The van der Waals surface area contributed by atoms with Gasteiger partial charge in [-0.2, -0.15) is 0 Å². The molecule has 0 aliphatic carbocycles. The summed E-state index contributed by atoms with van der Waals surface area (Å²) in [4.78, 5) is 12.3. The van der Waals surface area contributed by atoms with Crippen LogP contribution in [-0.4, -0.2) is 5.91 Å². The van der Waals surface area contributed by atoms with Crippen LogP contribution in [0.5, 0.6) is 0 Å². The third kappa shape index (κ3) is 4.70. The van der Waals surface area contributed by atoms with Crippen molar-refractivity contribution >= 4 is 5.91 Å². The molecule has 0 bridgehead atoms. The van der Waals surface area contributed by atoms with Gasteiger partial charge in [-0.25, -0.2) is 0 Å². The quantitative estimate of drug-likeness (QED) is 0.797. The number of carbonyl (C=O) groups is 1. The van der Waals surface area contributed by atoms with Gasteiger partial charge in [-0.1, -0.05) is 43.3 Å². The van der Waals surface area contributed by atoms with Gasteiger partial charge in [0.2, 0.25) is 5.91 Å². The monoisotopic (exact) mass is 323 g/mol. The Morgan fingerprint density at radius 2 is 1.54 bits per heavy atom. The molecule has 0 saturated heterocycles. The zero-order valence-corrected chi connectivity index (χ0v) is 15.6. The van der Waals surface area contributed by atoms with Crippen LogP contribution in [0.15, 0.2) is 36.4 Å². The Kier molecular flexibility index (Phi) is 6.19. The minimum absolute atomic E-state index is 0.0410. The molecule has 0 spiro atoms. The van der Waals surface area contributed by atoms with Gasteiger partial charge in [0, 0.05) is 6.42 Å². The molecule has 0 fully saturated rings. The molecule has 128 valence electrons. The molecular formula is C22H29NO. The first-order chi connectivity index (χ1) is 11.4. The molecule has 2 aromatic rings. The molecule has 2 heteroatoms. The largest absolute Gasteiger partial charge is 0.350 e. The van der Waals surface area contributed by atoms with Gasteiger partial charge in [0.1, 0.15) is 0 Å². The average Bonchev–Trinajstić information content (AvgIpc) is 2.56. The van der Waals surface area contributed by atoms with Crippen LogP contribution in [0.1, 0.15) is 59.7 Å². The van der Waals surface area contributed by atoms with Gasteiger partial charge in [0.05, 0.1) is 6.04 Å². The first kappa shape index (κ1) is 18.3. The Bertz CT molecular complexity index is 701. The number of nitrogens with one attached hydrogen (secondary N) is 1. The fourth-order valence-corrected chi connectivity index (χ4v) is 3.04. The second kappa shape index (κ2) is 8.14. The SMILES string of the molecule is CCc1ccc(CCC(=O)NC(C)c2cc(C)c(C)cc2C)cc1. The predicted molar refractivity (Wildman–Crippen MR) is 101 cm³/mol. The molecular weight excluding hydrogens is 294 g/mol. The highest BCUT2D eigenvalue weighted by Gasteiger charge is 2.13. The van der Waals surface area contributed by atoms with E-state index in [4.69, 9.17) is 0 Å². The molecule has 0 radical (unpaired) electrons. The zero-order valence-electron chi connectivity index (χ0n) is 15.6. The maximum Gasteiger partial charge on any atom is 0.220 e. The number of benzene rings is 2. The minimum Gasteiger partial charge on any atom is -0.350 e. The van der Waals surface area contributed by atoms with E-state index in [1.54, 1.807) is 0 Å². The standard InChI is InChI=1S/C22H29NO/c1-6-19-7-9-20(10-8-19)11-12-22(24)23-18(5)21-14-16(3)15(2)13-17(21)4/h7-10,13-14,18H,6,11-12H2,1-5H3,(H,23,24). The predicted octanol–water partition coefficient (Wildman–Crippen LogP) is 4.98. The fourth-order valence-electron chi connectivity index (χ4n) is 3.04. The highest BCUT2D eigenvalue weighted by molar-refractivity contribution is 5.76. The summed E-state index contributed by atoms with van der Waals surface area (Å²) in [6.07, 6.45) is 2.36. The summed E-state index contributed by atoms with van der Waals surface area (Å²) in [5.74, 6) is 0.111. The maximum absolute atomic E-state index is 12.3. The average molecular weight is 323 g/mol. The lowest BCUT2D eigenvalue weighted by Gasteiger charge is -2.18. The van der Waals surface area contributed by atoms with Crippen LogP contribution in [0.25, 0.3) is 0 Å². The van der Waals surface area contributed by atoms with Gasteiger partial charge in [-0.3, -0.25) is 4.79 Å². The zero-order chi connectivity index (χ0) is 17.7. The van der Waals surface area contributed by atoms with Gasteiger partial charge in [-0.05, 0) is 73.9 Å². The number of hydrogen-bond donors (Lipinski definition) is 1. The molecule has 1 amide bonds. The molecule has 2 aromatic carbocycles. The molecule has 1 unspecified atom stereocenters. The lowest BCUT2D eigenvalue weighted by Crippen LogP contribution is -2.27. The lowest BCUT2D eigenvalue weighted by atomic mass is 9.96. The molecule has 1 atom stereocenters. The van der Waals surface area contributed by atoms with Crippen molar-refractivity contribution in [2.75, 3.05) is 0 Å². The van der Waals surface area contributed by atoms with Gasteiger partial charge >= 0.3 is 0 Å². The van der Waals surface area contributed by atoms with Gasteiger partial charge in [-0.15, -0.1) is 0 Å². The molecule has 24 heavy (non-hydrogen) atoms. The molecule has 0 aliphatic heterocycles. The third-order valence-electron chi connectivity index (χ3n) is 4.80. The molecule has 2 nitrogen and oxygen atoms in total. The van der Waals surface area contributed by atoms with E-state index in [-0.39, 0.29) is 11.9 Å². The molecule has 0 aromatic heterocycles. The fraction of sp³-hybridized carbons (Fsp3) is 0.409. The summed E-state index contributed by atoms with van der Waals surface area (Å²) in [5, 5.41) is 3.14. The van der Waals surface area contributed by atoms with Crippen molar-refractivity contribution < 1.29 is 4.79 Å². The van der Waals surface area contributed by atoms with E-state index >= 15 is 0 Å². The van der Waals surface area contributed by atoms with Crippen molar-refractivity contribution in [3.8, 4) is 0 Å². The first-order valence-electron chi connectivity index (χ1n) is 8.85. The highest BCUT2D eigenvalue weighted by atomic mass is 16.1. The van der Waals surface area contributed by atoms with Gasteiger partial charge in [0.25, 0.3) is 0 Å².